The summed E-state index contributed by atoms with van der Waals surface area (Å²) < 4.78 is 16.0. The van der Waals surface area contributed by atoms with E-state index in [0.717, 1.165) is 0 Å². The molecule has 0 aromatic rings. The number of rotatable bonds is 15. The molecule has 0 saturated carbocycles. The molecule has 158 valence electrons. The summed E-state index contributed by atoms with van der Waals surface area (Å²) in [5.41, 5.74) is 0. The Labute approximate surface area is 192 Å². The van der Waals surface area contributed by atoms with E-state index in [2.05, 4.69) is 57.6 Å². The molecular weight excluding hydrogens is 617 g/mol. The first kappa shape index (κ1) is 27.6. The van der Waals surface area contributed by atoms with Gasteiger partial charge < -0.3 is 0 Å². The van der Waals surface area contributed by atoms with Gasteiger partial charge >= 0.3 is 194 Å². The number of hydrogen-bond acceptors (Lipinski definition) is 9. The molecule has 0 fully saturated rings. The molecule has 0 N–H and O–H groups in total. The van der Waals surface area contributed by atoms with Crippen LogP contribution in [-0.4, -0.2) is 58.2 Å². The second-order valence-electron chi connectivity index (χ2n) is 5.67. The molecule has 10 heteroatoms. The fourth-order valence-corrected chi connectivity index (χ4v) is 6.62. The third-order valence-electron chi connectivity index (χ3n) is 3.51. The molecule has 3 atom stereocenters. The summed E-state index contributed by atoms with van der Waals surface area (Å²) in [7, 11) is 0. The van der Waals surface area contributed by atoms with Crippen LogP contribution in [0.2, 0.25) is 0 Å². The summed E-state index contributed by atoms with van der Waals surface area (Å²) >= 11 is 8.15. The van der Waals surface area contributed by atoms with E-state index >= 15 is 0 Å². The molecule has 0 heterocycles. The van der Waals surface area contributed by atoms with Crippen molar-refractivity contribution in [3.05, 3.63) is 38.0 Å². The van der Waals surface area contributed by atoms with Gasteiger partial charge in [-0.3, -0.25) is 0 Å². The second kappa shape index (κ2) is 16.4. The number of carbonyl (C=O) groups excluding carboxylic acids is 3. The molecule has 0 amide bonds. The molecule has 0 spiro atoms. The van der Waals surface area contributed by atoms with Gasteiger partial charge in [-0.25, -0.2) is 0 Å². The fraction of sp³-hybridized carbons (Fsp3) is 0.500. The SMILES string of the molecule is C=CCC(CS)C(=O)[O][Bi]([O]C(=O)C(CS)CC=C)[O]C(=O)C(CS)CC=C. The molecule has 0 saturated heterocycles. The number of hydrogen-bond donors (Lipinski definition) is 3. The Morgan fingerprint density at radius 3 is 1.11 bits per heavy atom. The third kappa shape index (κ3) is 10.4. The van der Waals surface area contributed by atoms with Crippen LogP contribution in [-0.2, 0) is 22.8 Å². The van der Waals surface area contributed by atoms with Gasteiger partial charge in [-0.2, -0.15) is 0 Å². The quantitative estimate of drug-likeness (QED) is 0.145. The van der Waals surface area contributed by atoms with E-state index in [-0.39, 0.29) is 17.3 Å². The molecule has 0 aliphatic rings. The van der Waals surface area contributed by atoms with Gasteiger partial charge in [-0.1, -0.05) is 0 Å². The van der Waals surface area contributed by atoms with E-state index in [4.69, 9.17) is 8.44 Å². The first-order valence-electron chi connectivity index (χ1n) is 8.49. The maximum absolute atomic E-state index is 12.4. The van der Waals surface area contributed by atoms with Crippen LogP contribution in [0.5, 0.6) is 0 Å². The summed E-state index contributed by atoms with van der Waals surface area (Å²) in [6.45, 7) is 10.8. The summed E-state index contributed by atoms with van der Waals surface area (Å²) in [6, 6.07) is 0. The first-order chi connectivity index (χ1) is 13.4. The predicted octanol–water partition coefficient (Wildman–Crippen LogP) is 2.97. The number of carbonyl (C=O) groups is 3. The second-order valence-corrected chi connectivity index (χ2v) is 10.6. The zero-order chi connectivity index (χ0) is 21.5. The molecule has 6 nitrogen and oxygen atoms in total. The van der Waals surface area contributed by atoms with Crippen LogP contribution in [0.3, 0.4) is 0 Å². The van der Waals surface area contributed by atoms with E-state index in [1.54, 1.807) is 18.2 Å². The topological polar surface area (TPSA) is 78.9 Å². The minimum atomic E-state index is -4.20. The first-order valence-corrected chi connectivity index (χ1v) is 14.6. The van der Waals surface area contributed by atoms with E-state index in [0.29, 0.717) is 19.3 Å². The summed E-state index contributed by atoms with van der Waals surface area (Å²) in [5.74, 6) is -2.96. The fourth-order valence-electron chi connectivity index (χ4n) is 1.84. The van der Waals surface area contributed by atoms with Crippen molar-refractivity contribution in [2.45, 2.75) is 19.3 Å². The normalized spacial score (nSPS) is 13.7. The van der Waals surface area contributed by atoms with Crippen LogP contribution in [0.25, 0.3) is 0 Å². The van der Waals surface area contributed by atoms with Gasteiger partial charge in [-0.15, -0.1) is 0 Å². The molecule has 28 heavy (non-hydrogen) atoms. The van der Waals surface area contributed by atoms with Gasteiger partial charge in [0, 0.05) is 0 Å². The molecule has 0 rings (SSSR count). The predicted molar refractivity (Wildman–Crippen MR) is 121 cm³/mol. The van der Waals surface area contributed by atoms with Crippen molar-refractivity contribution in [1.82, 2.24) is 0 Å². The molecular formula is C18H27BiO6S3. The van der Waals surface area contributed by atoms with Crippen molar-refractivity contribution >= 4 is 78.9 Å². The van der Waals surface area contributed by atoms with Crippen molar-refractivity contribution in [3.8, 4) is 0 Å². The zero-order valence-corrected chi connectivity index (χ0v) is 21.7. The molecule has 0 radical (unpaired) electrons. The van der Waals surface area contributed by atoms with Crippen LogP contribution in [0.1, 0.15) is 19.3 Å². The van der Waals surface area contributed by atoms with Crippen molar-refractivity contribution < 1.29 is 22.8 Å². The van der Waals surface area contributed by atoms with Gasteiger partial charge in [-0.05, 0) is 0 Å². The van der Waals surface area contributed by atoms with Crippen LogP contribution in [0.15, 0.2) is 38.0 Å². The van der Waals surface area contributed by atoms with E-state index < -0.39 is 58.7 Å². The molecule has 0 bridgehead atoms. The van der Waals surface area contributed by atoms with Crippen molar-refractivity contribution in [2.24, 2.45) is 17.8 Å². The average Bonchev–Trinajstić information content (AvgIpc) is 2.67. The summed E-state index contributed by atoms with van der Waals surface area (Å²) in [6.07, 6.45) is 5.71. The van der Waals surface area contributed by atoms with Gasteiger partial charge in [0.2, 0.25) is 0 Å². The van der Waals surface area contributed by atoms with Crippen LogP contribution < -0.4 is 0 Å². The molecule has 3 unspecified atom stereocenters. The van der Waals surface area contributed by atoms with Crippen LogP contribution in [0, 0.1) is 17.8 Å². The Balaban J connectivity index is 5.33. The third-order valence-corrected chi connectivity index (χ3v) is 8.67. The summed E-state index contributed by atoms with van der Waals surface area (Å²) in [5, 5.41) is 0. The monoisotopic (exact) mass is 644 g/mol. The summed E-state index contributed by atoms with van der Waals surface area (Å²) in [4.78, 5) is 37.1. The number of allylic oxidation sites excluding steroid dienone is 3. The van der Waals surface area contributed by atoms with E-state index in [1.807, 2.05) is 0 Å². The zero-order valence-electron chi connectivity index (χ0n) is 15.6. The number of thiol groups is 3. The Morgan fingerprint density at radius 2 is 0.929 bits per heavy atom. The Morgan fingerprint density at radius 1 is 0.679 bits per heavy atom. The molecule has 0 aliphatic carbocycles. The van der Waals surface area contributed by atoms with Gasteiger partial charge in [0.1, 0.15) is 0 Å². The Kier molecular flexibility index (Phi) is 16.1. The van der Waals surface area contributed by atoms with E-state index in [9.17, 15) is 14.4 Å². The Hall–Kier alpha value is -0.437. The van der Waals surface area contributed by atoms with Crippen molar-refractivity contribution in [2.75, 3.05) is 17.3 Å². The Bertz CT molecular complexity index is 481. The molecule has 0 aromatic heterocycles. The van der Waals surface area contributed by atoms with Crippen molar-refractivity contribution in [1.29, 1.82) is 0 Å². The molecule has 0 aliphatic heterocycles. The standard InChI is InChI=1S/3C6H10O2S.Bi/c3*1-2-3-5(4-9)6(7)8;/h3*2,5,9H,1,3-4H2,(H,7,8);/q;;;+3/p-3. The van der Waals surface area contributed by atoms with Gasteiger partial charge in [0.05, 0.1) is 0 Å². The van der Waals surface area contributed by atoms with E-state index in [1.165, 1.54) is 0 Å². The van der Waals surface area contributed by atoms with Gasteiger partial charge in [0.25, 0.3) is 0 Å². The van der Waals surface area contributed by atoms with Crippen LogP contribution in [0.4, 0.5) is 0 Å². The van der Waals surface area contributed by atoms with Crippen molar-refractivity contribution in [3.63, 3.8) is 0 Å². The van der Waals surface area contributed by atoms with Gasteiger partial charge in [0.15, 0.2) is 0 Å². The average molecular weight is 645 g/mol. The molecule has 0 aromatic carbocycles. The van der Waals surface area contributed by atoms with Crippen LogP contribution >= 0.6 is 37.9 Å². The maximum atomic E-state index is 12.4. The minimum absolute atomic E-state index is 0.218.